The predicted octanol–water partition coefficient (Wildman–Crippen LogP) is 4.60. The minimum Gasteiger partial charge on any atom is -0.508 e. The lowest BCUT2D eigenvalue weighted by Gasteiger charge is -2.25. The molecule has 0 saturated heterocycles. The van der Waals surface area contributed by atoms with Crippen LogP contribution in [0.2, 0.25) is 0 Å². The highest BCUT2D eigenvalue weighted by Crippen LogP contribution is 2.42. The summed E-state index contributed by atoms with van der Waals surface area (Å²) in [5.74, 6) is 0.898. The van der Waals surface area contributed by atoms with Crippen LogP contribution in [0.4, 0.5) is 0 Å². The maximum Gasteiger partial charge on any atom is 0.115 e. The highest BCUT2D eigenvalue weighted by atomic mass is 16.3. The summed E-state index contributed by atoms with van der Waals surface area (Å²) in [5, 5.41) is 29.2. The molecule has 0 spiro atoms. The van der Waals surface area contributed by atoms with Gasteiger partial charge in [0.2, 0.25) is 0 Å². The van der Waals surface area contributed by atoms with E-state index < -0.39 is 6.10 Å². The molecule has 0 radical (unpaired) electrons. The smallest absolute Gasteiger partial charge is 0.115 e. The van der Waals surface area contributed by atoms with Crippen LogP contribution in [0.3, 0.4) is 0 Å². The quantitative estimate of drug-likeness (QED) is 0.699. The van der Waals surface area contributed by atoms with Gasteiger partial charge in [0.1, 0.15) is 5.75 Å². The van der Waals surface area contributed by atoms with Crippen molar-refractivity contribution in [1.29, 1.82) is 0 Å². The molecule has 0 bridgehead atoms. The Morgan fingerprint density at radius 1 is 1.12 bits per heavy atom. The molecule has 3 nitrogen and oxygen atoms in total. The number of rotatable bonds is 6. The molecule has 3 N–H and O–H groups in total. The van der Waals surface area contributed by atoms with Gasteiger partial charge in [0.05, 0.1) is 6.10 Å². The Balaban J connectivity index is 2.12. The average molecular weight is 354 g/mol. The highest BCUT2D eigenvalue weighted by molar-refractivity contribution is 5.85. The molecule has 2 aliphatic rings. The Kier molecular flexibility index (Phi) is 6.33. The molecule has 140 valence electrons. The zero-order valence-electron chi connectivity index (χ0n) is 15.6. The molecule has 1 saturated carbocycles. The predicted molar refractivity (Wildman–Crippen MR) is 106 cm³/mol. The molecule has 1 aromatic rings. The van der Waals surface area contributed by atoms with Gasteiger partial charge in [0, 0.05) is 12.5 Å². The van der Waals surface area contributed by atoms with Gasteiger partial charge in [-0.15, -0.1) is 0 Å². The molecule has 0 aromatic heterocycles. The van der Waals surface area contributed by atoms with Gasteiger partial charge in [-0.05, 0) is 60.4 Å². The van der Waals surface area contributed by atoms with E-state index in [0.29, 0.717) is 5.92 Å². The summed E-state index contributed by atoms with van der Waals surface area (Å²) in [7, 11) is 0. The summed E-state index contributed by atoms with van der Waals surface area (Å²) in [6, 6.07) is 7.42. The van der Waals surface area contributed by atoms with Crippen LogP contribution in [0.15, 0.2) is 53.6 Å². The van der Waals surface area contributed by atoms with Gasteiger partial charge in [-0.3, -0.25) is 0 Å². The highest BCUT2D eigenvalue weighted by Gasteiger charge is 2.25. The van der Waals surface area contributed by atoms with Crippen LogP contribution >= 0.6 is 0 Å². The molecule has 1 aromatic carbocycles. The number of hydrogen-bond donors (Lipinski definition) is 3. The Morgan fingerprint density at radius 2 is 1.81 bits per heavy atom. The molecule has 1 fully saturated rings. The van der Waals surface area contributed by atoms with Crippen LogP contribution in [-0.2, 0) is 0 Å². The number of aromatic hydroxyl groups is 1. The number of benzene rings is 1. The molecular formula is C23H30O3. The van der Waals surface area contributed by atoms with Gasteiger partial charge >= 0.3 is 0 Å². The Hall–Kier alpha value is -1.84. The van der Waals surface area contributed by atoms with E-state index in [9.17, 15) is 15.3 Å². The fourth-order valence-corrected chi connectivity index (χ4v) is 4.22. The van der Waals surface area contributed by atoms with Gasteiger partial charge in [0.15, 0.2) is 0 Å². The molecule has 0 aliphatic heterocycles. The Bertz CT molecular complexity index is 691. The van der Waals surface area contributed by atoms with E-state index in [1.54, 1.807) is 12.1 Å². The van der Waals surface area contributed by atoms with Gasteiger partial charge in [0.25, 0.3) is 0 Å². The van der Waals surface area contributed by atoms with E-state index in [1.807, 2.05) is 31.2 Å². The summed E-state index contributed by atoms with van der Waals surface area (Å²) in [6.07, 6.45) is 12.2. The summed E-state index contributed by atoms with van der Waals surface area (Å²) in [6.45, 7) is 2.23. The lowest BCUT2D eigenvalue weighted by Crippen LogP contribution is -2.17. The minimum absolute atomic E-state index is 0.0739. The van der Waals surface area contributed by atoms with Crippen LogP contribution in [-0.4, -0.2) is 28.0 Å². The van der Waals surface area contributed by atoms with Crippen molar-refractivity contribution in [2.75, 3.05) is 6.61 Å². The molecule has 0 amide bonds. The lowest BCUT2D eigenvalue weighted by molar-refractivity contribution is 0.183. The second kappa shape index (κ2) is 8.70. The molecule has 2 aliphatic carbocycles. The summed E-state index contributed by atoms with van der Waals surface area (Å²) in [4.78, 5) is 0. The van der Waals surface area contributed by atoms with E-state index in [4.69, 9.17) is 0 Å². The van der Waals surface area contributed by atoms with Crippen LogP contribution in [0.1, 0.15) is 51.0 Å². The third-order valence-electron chi connectivity index (χ3n) is 5.67. The number of phenols is 1. The summed E-state index contributed by atoms with van der Waals surface area (Å²) in [5.41, 5.74) is 4.89. The first-order valence-corrected chi connectivity index (χ1v) is 9.82. The molecular weight excluding hydrogens is 324 g/mol. The number of hydrogen-bond acceptors (Lipinski definition) is 3. The van der Waals surface area contributed by atoms with E-state index in [1.165, 1.54) is 36.8 Å². The number of phenolic OH excluding ortho intramolecular Hbond substituents is 1. The normalized spacial score (nSPS) is 24.5. The topological polar surface area (TPSA) is 60.7 Å². The van der Waals surface area contributed by atoms with Crippen molar-refractivity contribution in [2.45, 2.75) is 51.6 Å². The van der Waals surface area contributed by atoms with Crippen LogP contribution in [0.25, 0.3) is 5.57 Å². The second-order valence-corrected chi connectivity index (χ2v) is 7.59. The molecule has 3 heteroatoms. The maximum absolute atomic E-state index is 10.1. The monoisotopic (exact) mass is 354 g/mol. The van der Waals surface area contributed by atoms with Crippen molar-refractivity contribution in [1.82, 2.24) is 0 Å². The van der Waals surface area contributed by atoms with E-state index in [0.717, 1.165) is 24.0 Å². The molecule has 2 unspecified atom stereocenters. The molecule has 26 heavy (non-hydrogen) atoms. The first kappa shape index (κ1) is 18.9. The second-order valence-electron chi connectivity index (χ2n) is 7.59. The van der Waals surface area contributed by atoms with Gasteiger partial charge in [-0.1, -0.05) is 55.7 Å². The van der Waals surface area contributed by atoms with Crippen molar-refractivity contribution in [3.8, 4) is 5.75 Å². The fourth-order valence-electron chi connectivity index (χ4n) is 4.22. The zero-order chi connectivity index (χ0) is 18.5. The first-order valence-electron chi connectivity index (χ1n) is 9.82. The first-order chi connectivity index (χ1) is 12.6. The van der Waals surface area contributed by atoms with Gasteiger partial charge in [-0.2, -0.15) is 0 Å². The Morgan fingerprint density at radius 3 is 2.42 bits per heavy atom. The fraction of sp³-hybridized carbons (Fsp3) is 0.478. The largest absolute Gasteiger partial charge is 0.508 e. The summed E-state index contributed by atoms with van der Waals surface area (Å²) < 4.78 is 0. The lowest BCUT2D eigenvalue weighted by atomic mass is 9.80. The van der Waals surface area contributed by atoms with Gasteiger partial charge in [-0.25, -0.2) is 0 Å². The summed E-state index contributed by atoms with van der Waals surface area (Å²) >= 11 is 0. The van der Waals surface area contributed by atoms with Crippen molar-refractivity contribution in [3.63, 3.8) is 0 Å². The standard InChI is InChI=1S/C23H30O3/c1-16-15-19(10-13-22(16)26)23(18-8-11-20(25)12-9-18)21(7-4-14-24)17-5-2-3-6-17/h8-13,15-17,22,24-26H,2-7,14H2,1H3. The Labute approximate surface area is 156 Å². The number of aliphatic hydroxyl groups is 2. The molecule has 2 atom stereocenters. The average Bonchev–Trinajstić information content (AvgIpc) is 3.17. The van der Waals surface area contributed by atoms with E-state index in [-0.39, 0.29) is 18.3 Å². The minimum atomic E-state index is -0.438. The zero-order valence-corrected chi connectivity index (χ0v) is 15.6. The van der Waals surface area contributed by atoms with E-state index in [2.05, 4.69) is 6.08 Å². The van der Waals surface area contributed by atoms with Crippen molar-refractivity contribution < 1.29 is 15.3 Å². The number of aliphatic hydroxyl groups excluding tert-OH is 2. The molecule has 3 rings (SSSR count). The third-order valence-corrected chi connectivity index (χ3v) is 5.67. The van der Waals surface area contributed by atoms with Crippen molar-refractivity contribution >= 4 is 5.57 Å². The van der Waals surface area contributed by atoms with Crippen LogP contribution < -0.4 is 0 Å². The third kappa shape index (κ3) is 4.28. The van der Waals surface area contributed by atoms with E-state index >= 15 is 0 Å². The van der Waals surface area contributed by atoms with Crippen molar-refractivity contribution in [3.05, 3.63) is 59.2 Å². The molecule has 0 heterocycles. The maximum atomic E-state index is 10.1. The van der Waals surface area contributed by atoms with Gasteiger partial charge < -0.3 is 15.3 Å². The number of allylic oxidation sites excluding steroid dienone is 4. The van der Waals surface area contributed by atoms with Crippen molar-refractivity contribution in [2.24, 2.45) is 11.8 Å². The SMILES string of the molecule is CC1C=C(C(=C(CCCO)C2CCCC2)c2ccc(O)cc2)C=CC1O. The van der Waals surface area contributed by atoms with Crippen LogP contribution in [0.5, 0.6) is 5.75 Å². The van der Waals surface area contributed by atoms with Crippen LogP contribution in [0, 0.1) is 11.8 Å².